The summed E-state index contributed by atoms with van der Waals surface area (Å²) in [5.74, 6) is 1.02. The quantitative estimate of drug-likeness (QED) is 0.444. The molecule has 0 spiro atoms. The van der Waals surface area contributed by atoms with E-state index >= 15 is 0 Å². The molecule has 0 saturated carbocycles. The van der Waals surface area contributed by atoms with Crippen LogP contribution in [0.1, 0.15) is 5.56 Å². The normalized spacial score (nSPS) is 11.7. The molecular weight excluding hydrogens is 364 g/mol. The summed E-state index contributed by atoms with van der Waals surface area (Å²) >= 11 is 0. The van der Waals surface area contributed by atoms with Crippen molar-refractivity contribution in [2.45, 2.75) is 12.5 Å². The number of carbonyl (C=O) groups is 1. The highest BCUT2D eigenvalue weighted by molar-refractivity contribution is 5.88. The van der Waals surface area contributed by atoms with Crippen molar-refractivity contribution in [2.24, 2.45) is 0 Å². The molecule has 1 N–H and O–H groups in total. The Balaban J connectivity index is 1.49. The summed E-state index contributed by atoms with van der Waals surface area (Å²) in [4.78, 5) is 11.8. The van der Waals surface area contributed by atoms with Gasteiger partial charge in [-0.3, -0.25) is 0 Å². The number of hydrogen-bond acceptors (Lipinski definition) is 3. The van der Waals surface area contributed by atoms with Crippen LogP contribution in [-0.4, -0.2) is 17.2 Å². The zero-order chi connectivity index (χ0) is 20.1. The molecule has 4 aromatic rings. The van der Waals surface area contributed by atoms with Crippen LogP contribution in [0.5, 0.6) is 17.2 Å². The fourth-order valence-electron chi connectivity index (χ4n) is 3.16. The molecule has 4 heteroatoms. The van der Waals surface area contributed by atoms with Gasteiger partial charge < -0.3 is 14.6 Å². The zero-order valence-electron chi connectivity index (χ0n) is 15.7. The summed E-state index contributed by atoms with van der Waals surface area (Å²) < 4.78 is 11.7. The average Bonchev–Trinajstić information content (AvgIpc) is 2.75. The Hall–Kier alpha value is -3.79. The Bertz CT molecular complexity index is 1100. The lowest BCUT2D eigenvalue weighted by atomic mass is 10.1. The lowest BCUT2D eigenvalue weighted by Crippen LogP contribution is -2.29. The van der Waals surface area contributed by atoms with Crippen LogP contribution in [0.15, 0.2) is 97.1 Å². The maximum atomic E-state index is 11.8. The minimum atomic E-state index is -0.998. The molecular formula is C25H20O4. The van der Waals surface area contributed by atoms with E-state index in [2.05, 4.69) is 0 Å². The summed E-state index contributed by atoms with van der Waals surface area (Å²) in [6, 6.07) is 30.3. The second-order valence-corrected chi connectivity index (χ2v) is 6.69. The Morgan fingerprint density at radius 3 is 2.17 bits per heavy atom. The first kappa shape index (κ1) is 18.6. The summed E-state index contributed by atoms with van der Waals surface area (Å²) in [7, 11) is 0. The zero-order valence-corrected chi connectivity index (χ0v) is 15.7. The topological polar surface area (TPSA) is 55.8 Å². The van der Waals surface area contributed by atoms with E-state index in [0.29, 0.717) is 11.5 Å². The van der Waals surface area contributed by atoms with E-state index in [1.165, 1.54) is 0 Å². The summed E-state index contributed by atoms with van der Waals surface area (Å²) in [5, 5.41) is 11.6. The van der Waals surface area contributed by atoms with Gasteiger partial charge in [-0.05, 0) is 41.3 Å². The molecule has 1 unspecified atom stereocenters. The van der Waals surface area contributed by atoms with Gasteiger partial charge in [0, 0.05) is 11.8 Å². The maximum absolute atomic E-state index is 11.8. The number of aliphatic carboxylic acids is 1. The van der Waals surface area contributed by atoms with Gasteiger partial charge in [-0.1, -0.05) is 66.7 Å². The molecule has 4 rings (SSSR count). The van der Waals surface area contributed by atoms with E-state index in [0.717, 1.165) is 22.1 Å². The number of rotatable bonds is 7. The standard InChI is InChI=1S/C25H20O4/c26-25(27)24(29-23-12-6-8-19-7-4-5-11-22(19)23)17-18-13-15-21(16-14-18)28-20-9-2-1-3-10-20/h1-16,24H,17H2,(H,26,27). The van der Waals surface area contributed by atoms with E-state index in [1.807, 2.05) is 91.0 Å². The minimum absolute atomic E-state index is 0.254. The van der Waals surface area contributed by atoms with Gasteiger partial charge in [0.15, 0.2) is 6.10 Å². The first-order chi connectivity index (χ1) is 14.2. The third kappa shape index (κ3) is 4.55. The monoisotopic (exact) mass is 384 g/mol. The van der Waals surface area contributed by atoms with Crippen molar-refractivity contribution in [2.75, 3.05) is 0 Å². The molecule has 0 bridgehead atoms. The highest BCUT2D eigenvalue weighted by atomic mass is 16.5. The first-order valence-electron chi connectivity index (χ1n) is 9.38. The van der Waals surface area contributed by atoms with E-state index in [9.17, 15) is 9.90 Å². The predicted octanol–water partition coefficient (Wildman–Crippen LogP) is 5.71. The van der Waals surface area contributed by atoms with Crippen LogP contribution < -0.4 is 9.47 Å². The molecule has 0 saturated heterocycles. The number of ether oxygens (including phenoxy) is 2. The van der Waals surface area contributed by atoms with E-state index in [1.54, 1.807) is 6.07 Å². The minimum Gasteiger partial charge on any atom is -0.478 e. The van der Waals surface area contributed by atoms with E-state index in [4.69, 9.17) is 9.47 Å². The Morgan fingerprint density at radius 1 is 0.759 bits per heavy atom. The molecule has 0 radical (unpaired) electrons. The van der Waals surface area contributed by atoms with Gasteiger partial charge in [-0.25, -0.2) is 4.79 Å². The fourth-order valence-corrected chi connectivity index (χ4v) is 3.16. The highest BCUT2D eigenvalue weighted by Crippen LogP contribution is 2.27. The predicted molar refractivity (Wildman–Crippen MR) is 113 cm³/mol. The molecule has 0 aliphatic carbocycles. The van der Waals surface area contributed by atoms with Crippen molar-refractivity contribution in [3.63, 3.8) is 0 Å². The van der Waals surface area contributed by atoms with Crippen molar-refractivity contribution < 1.29 is 19.4 Å². The summed E-state index contributed by atoms with van der Waals surface area (Å²) in [6.45, 7) is 0. The van der Waals surface area contributed by atoms with Gasteiger partial charge in [-0.15, -0.1) is 0 Å². The highest BCUT2D eigenvalue weighted by Gasteiger charge is 2.21. The summed E-state index contributed by atoms with van der Waals surface area (Å²) in [5.41, 5.74) is 0.859. The first-order valence-corrected chi connectivity index (χ1v) is 9.38. The Kier molecular flexibility index (Phi) is 5.43. The second-order valence-electron chi connectivity index (χ2n) is 6.69. The van der Waals surface area contributed by atoms with Crippen LogP contribution in [0, 0.1) is 0 Å². The van der Waals surface area contributed by atoms with E-state index in [-0.39, 0.29) is 6.42 Å². The van der Waals surface area contributed by atoms with Crippen LogP contribution >= 0.6 is 0 Å². The molecule has 4 nitrogen and oxygen atoms in total. The van der Waals surface area contributed by atoms with Gasteiger partial charge >= 0.3 is 5.97 Å². The van der Waals surface area contributed by atoms with Crippen LogP contribution in [0.25, 0.3) is 10.8 Å². The van der Waals surface area contributed by atoms with Crippen molar-refractivity contribution in [3.8, 4) is 17.2 Å². The van der Waals surface area contributed by atoms with Gasteiger partial charge in [0.05, 0.1) is 0 Å². The third-order valence-electron chi connectivity index (χ3n) is 4.62. The molecule has 4 aromatic carbocycles. The number of para-hydroxylation sites is 1. The van der Waals surface area contributed by atoms with Gasteiger partial charge in [-0.2, -0.15) is 0 Å². The fraction of sp³-hybridized carbons (Fsp3) is 0.0800. The molecule has 144 valence electrons. The largest absolute Gasteiger partial charge is 0.478 e. The van der Waals surface area contributed by atoms with Gasteiger partial charge in [0.2, 0.25) is 0 Å². The lowest BCUT2D eigenvalue weighted by molar-refractivity contribution is -0.144. The van der Waals surface area contributed by atoms with Gasteiger partial charge in [0.25, 0.3) is 0 Å². The van der Waals surface area contributed by atoms with Crippen LogP contribution in [0.3, 0.4) is 0 Å². The van der Waals surface area contributed by atoms with Crippen molar-refractivity contribution in [1.82, 2.24) is 0 Å². The third-order valence-corrected chi connectivity index (χ3v) is 4.62. The smallest absolute Gasteiger partial charge is 0.345 e. The maximum Gasteiger partial charge on any atom is 0.345 e. The number of carboxylic acids is 1. The van der Waals surface area contributed by atoms with Crippen molar-refractivity contribution in [3.05, 3.63) is 103 Å². The number of carboxylic acid groups (broad SMARTS) is 1. The Morgan fingerprint density at radius 2 is 1.41 bits per heavy atom. The molecule has 1 atom stereocenters. The number of fused-ring (bicyclic) bond motifs is 1. The number of hydrogen-bond donors (Lipinski definition) is 1. The second kappa shape index (κ2) is 8.48. The van der Waals surface area contributed by atoms with Gasteiger partial charge in [0.1, 0.15) is 17.2 Å². The molecule has 29 heavy (non-hydrogen) atoms. The average molecular weight is 384 g/mol. The van der Waals surface area contributed by atoms with Crippen LogP contribution in [-0.2, 0) is 11.2 Å². The van der Waals surface area contributed by atoms with Crippen LogP contribution in [0.2, 0.25) is 0 Å². The van der Waals surface area contributed by atoms with Crippen LogP contribution in [0.4, 0.5) is 0 Å². The SMILES string of the molecule is O=C(O)C(Cc1ccc(Oc2ccccc2)cc1)Oc1cccc2ccccc12. The van der Waals surface area contributed by atoms with E-state index < -0.39 is 12.1 Å². The molecule has 0 aliphatic rings. The molecule has 0 heterocycles. The number of benzene rings is 4. The molecule has 0 amide bonds. The molecule has 0 aliphatic heterocycles. The van der Waals surface area contributed by atoms with Crippen molar-refractivity contribution in [1.29, 1.82) is 0 Å². The molecule has 0 aromatic heterocycles. The van der Waals surface area contributed by atoms with Crippen molar-refractivity contribution >= 4 is 16.7 Å². The summed E-state index contributed by atoms with van der Waals surface area (Å²) in [6.07, 6.45) is -0.730. The lowest BCUT2D eigenvalue weighted by Gasteiger charge is -2.17. The molecule has 0 fully saturated rings. The Labute approximate surface area is 169 Å².